The molecule has 262 valence electrons. The maximum absolute atomic E-state index is 7.18. The molecule has 0 saturated heterocycles. The van der Waals surface area contributed by atoms with Crippen molar-refractivity contribution in [3.05, 3.63) is 194 Å². The lowest BCUT2D eigenvalue weighted by molar-refractivity contribution is 0.670. The van der Waals surface area contributed by atoms with Gasteiger partial charge in [-0.1, -0.05) is 170 Å². The highest BCUT2D eigenvalue weighted by molar-refractivity contribution is 6.30. The number of rotatable bonds is 3. The summed E-state index contributed by atoms with van der Waals surface area (Å²) in [7, 11) is 0. The third kappa shape index (κ3) is 4.34. The van der Waals surface area contributed by atoms with E-state index in [0.717, 1.165) is 27.5 Å². The molecule has 0 spiro atoms. The van der Waals surface area contributed by atoms with Crippen LogP contribution in [-0.4, -0.2) is 0 Å². The number of benzene rings is 12. The third-order valence-electron chi connectivity index (χ3n) is 12.6. The second-order valence-electron chi connectivity index (χ2n) is 15.5. The van der Waals surface area contributed by atoms with Gasteiger partial charge in [0.1, 0.15) is 11.2 Å². The summed E-state index contributed by atoms with van der Waals surface area (Å²) in [5.41, 5.74) is 9.02. The summed E-state index contributed by atoms with van der Waals surface area (Å²) in [5, 5.41) is 19.7. The first-order valence-corrected chi connectivity index (χ1v) is 19.7. The van der Waals surface area contributed by atoms with Crippen LogP contribution in [0.1, 0.15) is 0 Å². The molecule has 0 amide bonds. The molecule has 1 nitrogen and oxygen atoms in total. The van der Waals surface area contributed by atoms with Crippen molar-refractivity contribution >= 4 is 97.3 Å². The molecule has 0 atom stereocenters. The molecule has 0 fully saturated rings. The molecular formula is C56H32O. The van der Waals surface area contributed by atoms with Crippen LogP contribution < -0.4 is 0 Å². The van der Waals surface area contributed by atoms with Gasteiger partial charge >= 0.3 is 0 Å². The summed E-state index contributed by atoms with van der Waals surface area (Å²) in [4.78, 5) is 0. The average molecular weight is 721 g/mol. The van der Waals surface area contributed by atoms with Gasteiger partial charge in [-0.3, -0.25) is 0 Å². The lowest BCUT2D eigenvalue weighted by Gasteiger charge is -2.18. The minimum atomic E-state index is 0.901. The van der Waals surface area contributed by atoms with Gasteiger partial charge in [-0.25, -0.2) is 0 Å². The van der Waals surface area contributed by atoms with Gasteiger partial charge in [0.15, 0.2) is 0 Å². The van der Waals surface area contributed by atoms with Gasteiger partial charge in [-0.05, 0) is 122 Å². The molecule has 0 aliphatic carbocycles. The first-order chi connectivity index (χ1) is 28.3. The number of furan rings is 1. The van der Waals surface area contributed by atoms with E-state index in [1.54, 1.807) is 0 Å². The van der Waals surface area contributed by atoms with Crippen LogP contribution in [-0.2, 0) is 0 Å². The topological polar surface area (TPSA) is 13.1 Å². The van der Waals surface area contributed by atoms with Gasteiger partial charge in [-0.2, -0.15) is 0 Å². The zero-order chi connectivity index (χ0) is 37.2. The highest BCUT2D eigenvalue weighted by Gasteiger charge is 2.23. The van der Waals surface area contributed by atoms with Crippen molar-refractivity contribution in [3.8, 4) is 33.4 Å². The minimum Gasteiger partial charge on any atom is -0.455 e. The van der Waals surface area contributed by atoms with Gasteiger partial charge in [-0.15, -0.1) is 0 Å². The SMILES string of the molecule is c1ccc(-c2ccc3ccc4c(-c5ccc(-c6c7ccccc7cc7c6ccc6ccccc67)c6oc7cc8ccccc8cc7c56)ccc5ccc2c3c54)cc1. The Balaban J connectivity index is 1.16. The van der Waals surface area contributed by atoms with Crippen LogP contribution in [0.15, 0.2) is 199 Å². The van der Waals surface area contributed by atoms with Crippen molar-refractivity contribution in [1.29, 1.82) is 0 Å². The fraction of sp³-hybridized carbons (Fsp3) is 0. The molecular weight excluding hydrogens is 689 g/mol. The smallest absolute Gasteiger partial charge is 0.143 e. The molecule has 0 saturated carbocycles. The number of hydrogen-bond acceptors (Lipinski definition) is 1. The molecule has 0 unspecified atom stereocenters. The summed E-state index contributed by atoms with van der Waals surface area (Å²) in [6.07, 6.45) is 0. The second kappa shape index (κ2) is 11.5. The van der Waals surface area contributed by atoms with Crippen LogP contribution >= 0.6 is 0 Å². The van der Waals surface area contributed by atoms with Crippen LogP contribution in [0.3, 0.4) is 0 Å². The summed E-state index contributed by atoms with van der Waals surface area (Å²) < 4.78 is 7.18. The highest BCUT2D eigenvalue weighted by Crippen LogP contribution is 2.49. The first-order valence-electron chi connectivity index (χ1n) is 19.7. The molecule has 1 aromatic heterocycles. The number of hydrogen-bond donors (Lipinski definition) is 0. The van der Waals surface area contributed by atoms with E-state index in [1.165, 1.54) is 103 Å². The molecule has 13 aromatic rings. The fourth-order valence-corrected chi connectivity index (χ4v) is 10.0. The predicted molar refractivity (Wildman–Crippen MR) is 244 cm³/mol. The standard InChI is InChI=1S/C56H32O/c1-2-10-33(11-3-1)41-23-19-35-22-27-45-43(24-20-36-21-26-44(41)52(35)53(36)45)46-28-29-48(56-55(46)50-30-37-13-4-5-14-38(37)32-51(50)57-56)54-42-17-9-7-15-39(42)31-49-40-16-8-6-12-34(40)18-25-47(49)54/h1-32H. The van der Waals surface area contributed by atoms with E-state index in [9.17, 15) is 0 Å². The molecule has 13 rings (SSSR count). The van der Waals surface area contributed by atoms with E-state index < -0.39 is 0 Å². The highest BCUT2D eigenvalue weighted by atomic mass is 16.3. The Labute approximate surface area is 328 Å². The van der Waals surface area contributed by atoms with E-state index in [0.29, 0.717) is 0 Å². The molecule has 0 radical (unpaired) electrons. The second-order valence-corrected chi connectivity index (χ2v) is 15.5. The fourth-order valence-electron chi connectivity index (χ4n) is 10.0. The zero-order valence-corrected chi connectivity index (χ0v) is 30.9. The van der Waals surface area contributed by atoms with Gasteiger partial charge in [0.05, 0.1) is 0 Å². The van der Waals surface area contributed by atoms with Crippen LogP contribution in [0.25, 0.3) is 131 Å². The molecule has 0 aliphatic heterocycles. The lowest BCUT2D eigenvalue weighted by atomic mass is 9.85. The Morgan fingerprint density at radius 3 is 1.60 bits per heavy atom. The van der Waals surface area contributed by atoms with Crippen LogP contribution in [0.4, 0.5) is 0 Å². The van der Waals surface area contributed by atoms with E-state index in [4.69, 9.17) is 4.42 Å². The zero-order valence-electron chi connectivity index (χ0n) is 30.9. The normalized spacial score (nSPS) is 12.2. The maximum Gasteiger partial charge on any atom is 0.143 e. The molecule has 0 N–H and O–H groups in total. The largest absolute Gasteiger partial charge is 0.455 e. The summed E-state index contributed by atoms with van der Waals surface area (Å²) >= 11 is 0. The van der Waals surface area contributed by atoms with Gasteiger partial charge in [0, 0.05) is 21.9 Å². The first kappa shape index (κ1) is 30.8. The van der Waals surface area contributed by atoms with Gasteiger partial charge in [0.25, 0.3) is 0 Å². The summed E-state index contributed by atoms with van der Waals surface area (Å²) in [6.45, 7) is 0. The summed E-state index contributed by atoms with van der Waals surface area (Å²) in [5.74, 6) is 0. The molecule has 1 heteroatoms. The van der Waals surface area contributed by atoms with E-state index in [-0.39, 0.29) is 0 Å². The van der Waals surface area contributed by atoms with E-state index in [1.807, 2.05) is 0 Å². The Hall–Kier alpha value is -7.48. The molecule has 12 aromatic carbocycles. The molecule has 0 aliphatic rings. The van der Waals surface area contributed by atoms with E-state index in [2.05, 4.69) is 194 Å². The average Bonchev–Trinajstić information content (AvgIpc) is 3.65. The monoisotopic (exact) mass is 720 g/mol. The van der Waals surface area contributed by atoms with E-state index >= 15 is 0 Å². The van der Waals surface area contributed by atoms with Crippen molar-refractivity contribution in [2.75, 3.05) is 0 Å². The van der Waals surface area contributed by atoms with Crippen molar-refractivity contribution in [1.82, 2.24) is 0 Å². The maximum atomic E-state index is 7.18. The Bertz CT molecular complexity index is 3790. The van der Waals surface area contributed by atoms with Crippen molar-refractivity contribution < 1.29 is 4.42 Å². The quantitative estimate of drug-likeness (QED) is 0.131. The summed E-state index contributed by atoms with van der Waals surface area (Å²) in [6, 6.07) is 71.5. The van der Waals surface area contributed by atoms with Gasteiger partial charge in [0.2, 0.25) is 0 Å². The Morgan fingerprint density at radius 1 is 0.263 bits per heavy atom. The molecule has 0 bridgehead atoms. The van der Waals surface area contributed by atoms with Crippen LogP contribution in [0.5, 0.6) is 0 Å². The van der Waals surface area contributed by atoms with Crippen LogP contribution in [0.2, 0.25) is 0 Å². The van der Waals surface area contributed by atoms with Crippen molar-refractivity contribution in [3.63, 3.8) is 0 Å². The lowest BCUT2D eigenvalue weighted by Crippen LogP contribution is -1.91. The third-order valence-corrected chi connectivity index (χ3v) is 12.6. The van der Waals surface area contributed by atoms with Crippen molar-refractivity contribution in [2.45, 2.75) is 0 Å². The molecule has 1 heterocycles. The predicted octanol–water partition coefficient (Wildman–Crippen LogP) is 16.1. The minimum absolute atomic E-state index is 0.901. The Kier molecular flexibility index (Phi) is 6.23. The number of fused-ring (bicyclic) bond motifs is 8. The molecule has 57 heavy (non-hydrogen) atoms. The van der Waals surface area contributed by atoms with Gasteiger partial charge < -0.3 is 4.42 Å². The Morgan fingerprint density at radius 2 is 0.807 bits per heavy atom. The van der Waals surface area contributed by atoms with Crippen molar-refractivity contribution in [2.24, 2.45) is 0 Å². The van der Waals surface area contributed by atoms with Crippen LogP contribution in [0, 0.1) is 0 Å².